The van der Waals surface area contributed by atoms with Crippen LogP contribution in [0.5, 0.6) is 0 Å². The van der Waals surface area contributed by atoms with Gasteiger partial charge in [-0.25, -0.2) is 0 Å². The summed E-state index contributed by atoms with van der Waals surface area (Å²) in [6.45, 7) is 1.39. The first-order valence-corrected chi connectivity index (χ1v) is 6.29. The van der Waals surface area contributed by atoms with Crippen molar-refractivity contribution in [1.29, 1.82) is 0 Å². The molecule has 0 radical (unpaired) electrons. The van der Waals surface area contributed by atoms with Gasteiger partial charge in [-0.15, -0.1) is 0 Å². The fraction of sp³-hybridized carbons (Fsp3) is 0.125. The molecule has 96 valence electrons. The van der Waals surface area contributed by atoms with Crippen molar-refractivity contribution in [3.8, 4) is 11.3 Å². The van der Waals surface area contributed by atoms with Gasteiger partial charge in [-0.3, -0.25) is 0 Å². The van der Waals surface area contributed by atoms with E-state index in [1.165, 1.54) is 0 Å². The lowest BCUT2D eigenvalue weighted by atomic mass is 10.2. The van der Waals surface area contributed by atoms with E-state index in [1.54, 1.807) is 6.26 Å². The molecule has 1 aromatic carbocycles. The Morgan fingerprint density at radius 1 is 0.789 bits per heavy atom. The third-order valence-electron chi connectivity index (χ3n) is 2.90. The van der Waals surface area contributed by atoms with E-state index >= 15 is 0 Å². The molecule has 19 heavy (non-hydrogen) atoms. The van der Waals surface area contributed by atoms with E-state index in [1.807, 2.05) is 54.6 Å². The lowest BCUT2D eigenvalue weighted by Gasteiger charge is -2.00. The minimum atomic E-state index is 0.688. The molecule has 3 heteroatoms. The van der Waals surface area contributed by atoms with Crippen molar-refractivity contribution in [2.24, 2.45) is 0 Å². The molecule has 3 rings (SSSR count). The maximum absolute atomic E-state index is 5.80. The first-order chi connectivity index (χ1) is 9.42. The monoisotopic (exact) mass is 253 g/mol. The summed E-state index contributed by atoms with van der Waals surface area (Å²) in [5.41, 5.74) is 1.10. The standard InChI is InChI=1S/C16H15NO2/c1-2-5-13(6-3-1)16-9-8-15(19-16)12-17-11-14-7-4-10-18-14/h1-10,17H,11-12H2. The van der Waals surface area contributed by atoms with Crippen LogP contribution in [0.1, 0.15) is 11.5 Å². The van der Waals surface area contributed by atoms with Gasteiger partial charge in [0.05, 0.1) is 19.4 Å². The number of hydrogen-bond donors (Lipinski definition) is 1. The van der Waals surface area contributed by atoms with Gasteiger partial charge in [0.25, 0.3) is 0 Å². The number of rotatable bonds is 5. The van der Waals surface area contributed by atoms with E-state index in [0.717, 1.165) is 22.8 Å². The van der Waals surface area contributed by atoms with Crippen molar-refractivity contribution in [1.82, 2.24) is 5.32 Å². The van der Waals surface area contributed by atoms with Crippen LogP contribution in [0.3, 0.4) is 0 Å². The minimum absolute atomic E-state index is 0.688. The Hall–Kier alpha value is -2.26. The Balaban J connectivity index is 1.59. The van der Waals surface area contributed by atoms with Crippen LogP contribution in [0.2, 0.25) is 0 Å². The zero-order valence-corrected chi connectivity index (χ0v) is 10.5. The molecule has 3 nitrogen and oxygen atoms in total. The molecule has 1 N–H and O–H groups in total. The van der Waals surface area contributed by atoms with E-state index in [9.17, 15) is 0 Å². The fourth-order valence-corrected chi connectivity index (χ4v) is 1.95. The summed E-state index contributed by atoms with van der Waals surface area (Å²) in [6.07, 6.45) is 1.68. The third kappa shape index (κ3) is 2.95. The fourth-order valence-electron chi connectivity index (χ4n) is 1.95. The van der Waals surface area contributed by atoms with Crippen LogP contribution in [0.15, 0.2) is 69.7 Å². The zero-order valence-electron chi connectivity index (χ0n) is 10.5. The van der Waals surface area contributed by atoms with Crippen molar-refractivity contribution in [3.05, 3.63) is 72.4 Å². The molecule has 3 aromatic rings. The van der Waals surface area contributed by atoms with Crippen LogP contribution in [0.25, 0.3) is 11.3 Å². The van der Waals surface area contributed by atoms with Gasteiger partial charge in [0.15, 0.2) is 0 Å². The Morgan fingerprint density at radius 2 is 1.63 bits per heavy atom. The van der Waals surface area contributed by atoms with Crippen molar-refractivity contribution in [3.63, 3.8) is 0 Å². The van der Waals surface area contributed by atoms with Gasteiger partial charge in [-0.05, 0) is 24.3 Å². The van der Waals surface area contributed by atoms with Gasteiger partial charge in [0.1, 0.15) is 17.3 Å². The van der Waals surface area contributed by atoms with Crippen molar-refractivity contribution in [2.75, 3.05) is 0 Å². The number of hydrogen-bond acceptors (Lipinski definition) is 3. The first kappa shape index (κ1) is 11.8. The van der Waals surface area contributed by atoms with Crippen LogP contribution in [0, 0.1) is 0 Å². The molecule has 0 aliphatic carbocycles. The van der Waals surface area contributed by atoms with Crippen molar-refractivity contribution >= 4 is 0 Å². The topological polar surface area (TPSA) is 38.3 Å². The van der Waals surface area contributed by atoms with Crippen molar-refractivity contribution < 1.29 is 8.83 Å². The summed E-state index contributed by atoms with van der Waals surface area (Å²) < 4.78 is 11.0. The van der Waals surface area contributed by atoms with E-state index in [-0.39, 0.29) is 0 Å². The highest BCUT2D eigenvalue weighted by molar-refractivity contribution is 5.57. The quantitative estimate of drug-likeness (QED) is 0.751. The Morgan fingerprint density at radius 3 is 2.42 bits per heavy atom. The predicted molar refractivity (Wildman–Crippen MR) is 73.4 cm³/mol. The van der Waals surface area contributed by atoms with Gasteiger partial charge in [0.2, 0.25) is 0 Å². The van der Waals surface area contributed by atoms with E-state index < -0.39 is 0 Å². The molecule has 0 amide bonds. The summed E-state index contributed by atoms with van der Waals surface area (Å²) >= 11 is 0. The summed E-state index contributed by atoms with van der Waals surface area (Å²) in [6, 6.07) is 17.9. The Bertz CT molecular complexity index is 611. The average Bonchev–Trinajstić information content (AvgIpc) is 3.11. The number of benzene rings is 1. The molecule has 0 bridgehead atoms. The van der Waals surface area contributed by atoms with Gasteiger partial charge in [-0.2, -0.15) is 0 Å². The second-order valence-corrected chi connectivity index (χ2v) is 4.31. The predicted octanol–water partition coefficient (Wildman–Crippen LogP) is 3.83. The first-order valence-electron chi connectivity index (χ1n) is 6.29. The lowest BCUT2D eigenvalue weighted by Crippen LogP contribution is -2.11. The zero-order chi connectivity index (χ0) is 12.9. The average molecular weight is 253 g/mol. The third-order valence-corrected chi connectivity index (χ3v) is 2.90. The summed E-state index contributed by atoms with van der Waals surface area (Å²) in [7, 11) is 0. The number of nitrogens with one attached hydrogen (secondary N) is 1. The molecular weight excluding hydrogens is 238 g/mol. The van der Waals surface area contributed by atoms with Crippen LogP contribution in [-0.2, 0) is 13.1 Å². The highest BCUT2D eigenvalue weighted by Gasteiger charge is 2.04. The van der Waals surface area contributed by atoms with E-state index in [0.29, 0.717) is 13.1 Å². The van der Waals surface area contributed by atoms with Crippen LogP contribution < -0.4 is 5.32 Å². The molecule has 0 spiro atoms. The van der Waals surface area contributed by atoms with Crippen LogP contribution >= 0.6 is 0 Å². The maximum Gasteiger partial charge on any atom is 0.134 e. The smallest absolute Gasteiger partial charge is 0.134 e. The van der Waals surface area contributed by atoms with Gasteiger partial charge >= 0.3 is 0 Å². The molecule has 2 aromatic heterocycles. The largest absolute Gasteiger partial charge is 0.468 e. The van der Waals surface area contributed by atoms with E-state index in [4.69, 9.17) is 8.83 Å². The molecule has 0 saturated carbocycles. The molecule has 0 aliphatic heterocycles. The SMILES string of the molecule is c1ccc(-c2ccc(CNCc3ccco3)o2)cc1. The Labute approximate surface area is 111 Å². The summed E-state index contributed by atoms with van der Waals surface area (Å²) in [4.78, 5) is 0. The van der Waals surface area contributed by atoms with Crippen LogP contribution in [0.4, 0.5) is 0 Å². The molecule has 0 atom stereocenters. The molecule has 0 unspecified atom stereocenters. The molecule has 2 heterocycles. The van der Waals surface area contributed by atoms with Gasteiger partial charge in [0, 0.05) is 5.56 Å². The van der Waals surface area contributed by atoms with Gasteiger partial charge in [-0.1, -0.05) is 30.3 Å². The molecule has 0 aliphatic rings. The summed E-state index contributed by atoms with van der Waals surface area (Å²) in [5.74, 6) is 2.75. The molecule has 0 fully saturated rings. The normalized spacial score (nSPS) is 10.7. The lowest BCUT2D eigenvalue weighted by molar-refractivity contribution is 0.455. The highest BCUT2D eigenvalue weighted by atomic mass is 16.3. The second kappa shape index (κ2) is 5.59. The minimum Gasteiger partial charge on any atom is -0.468 e. The number of furan rings is 2. The highest BCUT2D eigenvalue weighted by Crippen LogP contribution is 2.21. The Kier molecular flexibility index (Phi) is 3.47. The van der Waals surface area contributed by atoms with Crippen molar-refractivity contribution in [2.45, 2.75) is 13.1 Å². The second-order valence-electron chi connectivity index (χ2n) is 4.31. The maximum atomic E-state index is 5.80. The molecule has 0 saturated heterocycles. The summed E-state index contributed by atoms with van der Waals surface area (Å²) in [5, 5.41) is 3.28. The van der Waals surface area contributed by atoms with Crippen LogP contribution in [-0.4, -0.2) is 0 Å². The molecular formula is C16H15NO2. The van der Waals surface area contributed by atoms with Gasteiger partial charge < -0.3 is 14.2 Å². The van der Waals surface area contributed by atoms with E-state index in [2.05, 4.69) is 5.32 Å².